The highest BCUT2D eigenvalue weighted by Crippen LogP contribution is 2.24. The maximum atomic E-state index is 12.5. The van der Waals surface area contributed by atoms with Crippen LogP contribution in [0.3, 0.4) is 0 Å². The summed E-state index contributed by atoms with van der Waals surface area (Å²) in [6, 6.07) is 4.50. The fraction of sp³-hybridized carbons (Fsp3) is 0.500. The molecule has 0 saturated heterocycles. The molecule has 110 valence electrons. The Kier molecular flexibility index (Phi) is 5.96. The maximum Gasteiger partial charge on any atom is 0.282 e. The second-order valence-corrected chi connectivity index (χ2v) is 4.48. The quantitative estimate of drug-likeness (QED) is 0.615. The molecule has 1 aromatic rings. The lowest BCUT2D eigenvalue weighted by molar-refractivity contribution is -0.385. The number of benzene rings is 1. The fourth-order valence-electron chi connectivity index (χ4n) is 1.94. The average Bonchev–Trinajstić information content (AvgIpc) is 2.46. The number of anilines is 1. The van der Waals surface area contributed by atoms with Crippen molar-refractivity contribution in [1.29, 1.82) is 0 Å². The van der Waals surface area contributed by atoms with E-state index < -0.39 is 4.92 Å². The SMILES string of the molecule is CCCCN(CC)C(=O)c1cc(NC)ccc1[N+](=O)[O-]. The average molecular weight is 279 g/mol. The molecule has 0 aromatic heterocycles. The van der Waals surface area contributed by atoms with E-state index in [1.54, 1.807) is 18.0 Å². The lowest BCUT2D eigenvalue weighted by atomic mass is 10.1. The van der Waals surface area contributed by atoms with Crippen molar-refractivity contribution in [3.8, 4) is 0 Å². The van der Waals surface area contributed by atoms with Crippen LogP contribution in [0.5, 0.6) is 0 Å². The molecule has 1 aromatic carbocycles. The summed E-state index contributed by atoms with van der Waals surface area (Å²) in [5.41, 5.74) is 0.675. The van der Waals surface area contributed by atoms with Crippen LogP contribution < -0.4 is 5.32 Å². The lowest BCUT2D eigenvalue weighted by Crippen LogP contribution is -2.32. The first-order chi connectivity index (χ1) is 9.54. The van der Waals surface area contributed by atoms with Gasteiger partial charge in [0.15, 0.2) is 0 Å². The van der Waals surface area contributed by atoms with E-state index in [1.807, 2.05) is 13.8 Å². The molecule has 0 fully saturated rings. The monoisotopic (exact) mass is 279 g/mol. The van der Waals surface area contributed by atoms with Crippen molar-refractivity contribution in [3.63, 3.8) is 0 Å². The molecular weight excluding hydrogens is 258 g/mol. The predicted molar refractivity (Wildman–Crippen MR) is 79.1 cm³/mol. The normalized spacial score (nSPS) is 10.2. The first-order valence-electron chi connectivity index (χ1n) is 6.80. The molecule has 6 heteroatoms. The van der Waals surface area contributed by atoms with Crippen molar-refractivity contribution in [2.75, 3.05) is 25.5 Å². The Hall–Kier alpha value is -2.11. The van der Waals surface area contributed by atoms with E-state index in [2.05, 4.69) is 5.32 Å². The number of unbranched alkanes of at least 4 members (excludes halogenated alkanes) is 1. The van der Waals surface area contributed by atoms with Crippen LogP contribution in [0.2, 0.25) is 0 Å². The molecule has 1 rings (SSSR count). The van der Waals surface area contributed by atoms with E-state index in [0.29, 0.717) is 18.8 Å². The Morgan fingerprint density at radius 1 is 1.40 bits per heavy atom. The highest BCUT2D eigenvalue weighted by Gasteiger charge is 2.24. The highest BCUT2D eigenvalue weighted by atomic mass is 16.6. The van der Waals surface area contributed by atoms with Gasteiger partial charge in [0, 0.05) is 31.9 Å². The first-order valence-corrected chi connectivity index (χ1v) is 6.80. The molecule has 20 heavy (non-hydrogen) atoms. The summed E-state index contributed by atoms with van der Waals surface area (Å²) >= 11 is 0. The van der Waals surface area contributed by atoms with Crippen LogP contribution in [0.1, 0.15) is 37.0 Å². The van der Waals surface area contributed by atoms with E-state index in [4.69, 9.17) is 0 Å². The number of hydrogen-bond donors (Lipinski definition) is 1. The number of nitro benzene ring substituents is 1. The second-order valence-electron chi connectivity index (χ2n) is 4.48. The van der Waals surface area contributed by atoms with Crippen LogP contribution >= 0.6 is 0 Å². The maximum absolute atomic E-state index is 12.5. The van der Waals surface area contributed by atoms with Crippen LogP contribution in [-0.4, -0.2) is 35.9 Å². The molecule has 0 aliphatic rings. The van der Waals surface area contributed by atoms with Gasteiger partial charge in [-0.1, -0.05) is 13.3 Å². The summed E-state index contributed by atoms with van der Waals surface area (Å²) in [6.07, 6.45) is 1.86. The third-order valence-corrected chi connectivity index (χ3v) is 3.16. The van der Waals surface area contributed by atoms with E-state index >= 15 is 0 Å². The van der Waals surface area contributed by atoms with Crippen LogP contribution in [0.15, 0.2) is 18.2 Å². The Bertz CT molecular complexity index is 489. The Morgan fingerprint density at radius 3 is 2.60 bits per heavy atom. The molecule has 6 nitrogen and oxygen atoms in total. The Morgan fingerprint density at radius 2 is 2.10 bits per heavy atom. The van der Waals surface area contributed by atoms with Gasteiger partial charge < -0.3 is 10.2 Å². The topological polar surface area (TPSA) is 75.5 Å². The van der Waals surface area contributed by atoms with Crippen LogP contribution in [0.25, 0.3) is 0 Å². The molecule has 0 bridgehead atoms. The van der Waals surface area contributed by atoms with Gasteiger partial charge >= 0.3 is 0 Å². The standard InChI is InChI=1S/C14H21N3O3/c1-4-6-9-16(5-2)14(18)12-10-11(15-3)7-8-13(12)17(19)20/h7-8,10,15H,4-6,9H2,1-3H3. The minimum atomic E-state index is -0.514. The van der Waals surface area contributed by atoms with Crippen molar-refractivity contribution in [2.45, 2.75) is 26.7 Å². The van der Waals surface area contributed by atoms with Crippen molar-refractivity contribution in [1.82, 2.24) is 4.90 Å². The lowest BCUT2D eigenvalue weighted by Gasteiger charge is -2.20. The van der Waals surface area contributed by atoms with Gasteiger partial charge in [0.25, 0.3) is 11.6 Å². The van der Waals surface area contributed by atoms with Crippen LogP contribution in [0, 0.1) is 10.1 Å². The number of carbonyl (C=O) groups excluding carboxylic acids is 1. The van der Waals surface area contributed by atoms with Gasteiger partial charge in [-0.25, -0.2) is 0 Å². The highest BCUT2D eigenvalue weighted by molar-refractivity contribution is 5.99. The molecule has 0 saturated carbocycles. The molecule has 0 unspecified atom stereocenters. The number of carbonyl (C=O) groups is 1. The van der Waals surface area contributed by atoms with E-state index in [9.17, 15) is 14.9 Å². The summed E-state index contributed by atoms with van der Waals surface area (Å²) in [4.78, 5) is 24.7. The van der Waals surface area contributed by atoms with Gasteiger partial charge in [-0.2, -0.15) is 0 Å². The molecule has 0 spiro atoms. The second kappa shape index (κ2) is 7.47. The third-order valence-electron chi connectivity index (χ3n) is 3.16. The minimum absolute atomic E-state index is 0.139. The van der Waals surface area contributed by atoms with Crippen LogP contribution in [-0.2, 0) is 0 Å². The van der Waals surface area contributed by atoms with Crippen molar-refractivity contribution < 1.29 is 9.72 Å². The summed E-state index contributed by atoms with van der Waals surface area (Å²) in [5, 5.41) is 14.0. The number of nitrogens with zero attached hydrogens (tertiary/aromatic N) is 2. The number of hydrogen-bond acceptors (Lipinski definition) is 4. The van der Waals surface area contributed by atoms with Crippen molar-refractivity contribution in [3.05, 3.63) is 33.9 Å². The number of rotatable bonds is 7. The largest absolute Gasteiger partial charge is 0.388 e. The first kappa shape index (κ1) is 15.9. The van der Waals surface area contributed by atoms with E-state index in [1.165, 1.54) is 12.1 Å². The summed E-state index contributed by atoms with van der Waals surface area (Å²) in [5.74, 6) is -0.287. The number of nitrogens with one attached hydrogen (secondary N) is 1. The zero-order valence-electron chi connectivity index (χ0n) is 12.2. The van der Waals surface area contributed by atoms with Gasteiger partial charge in [-0.3, -0.25) is 14.9 Å². The van der Waals surface area contributed by atoms with E-state index in [-0.39, 0.29) is 17.2 Å². The van der Waals surface area contributed by atoms with Crippen molar-refractivity contribution >= 4 is 17.3 Å². The van der Waals surface area contributed by atoms with Gasteiger partial charge in [-0.15, -0.1) is 0 Å². The Labute approximate surface area is 118 Å². The molecule has 0 heterocycles. The minimum Gasteiger partial charge on any atom is -0.388 e. The number of nitro groups is 1. The number of amides is 1. The molecule has 0 radical (unpaired) electrons. The third kappa shape index (κ3) is 3.69. The Balaban J connectivity index is 3.13. The molecular formula is C14H21N3O3. The van der Waals surface area contributed by atoms with E-state index in [0.717, 1.165) is 12.8 Å². The molecule has 1 amide bonds. The summed E-state index contributed by atoms with van der Waals surface area (Å²) < 4.78 is 0. The molecule has 0 aliphatic carbocycles. The van der Waals surface area contributed by atoms with Gasteiger partial charge in [0.2, 0.25) is 0 Å². The van der Waals surface area contributed by atoms with Gasteiger partial charge in [0.05, 0.1) is 4.92 Å². The van der Waals surface area contributed by atoms with Gasteiger partial charge in [-0.05, 0) is 25.5 Å². The molecule has 0 atom stereocenters. The molecule has 0 aliphatic heterocycles. The smallest absolute Gasteiger partial charge is 0.282 e. The molecule has 1 N–H and O–H groups in total. The zero-order valence-corrected chi connectivity index (χ0v) is 12.2. The zero-order chi connectivity index (χ0) is 15.1. The predicted octanol–water partition coefficient (Wildman–Crippen LogP) is 2.90. The fourth-order valence-corrected chi connectivity index (χ4v) is 1.94. The summed E-state index contributed by atoms with van der Waals surface area (Å²) in [6.45, 7) is 5.08. The van der Waals surface area contributed by atoms with Crippen molar-refractivity contribution in [2.24, 2.45) is 0 Å². The van der Waals surface area contributed by atoms with Gasteiger partial charge in [0.1, 0.15) is 5.56 Å². The van der Waals surface area contributed by atoms with Crippen LogP contribution in [0.4, 0.5) is 11.4 Å². The summed E-state index contributed by atoms with van der Waals surface area (Å²) in [7, 11) is 1.71.